The van der Waals surface area contributed by atoms with Crippen LogP contribution in [0.3, 0.4) is 0 Å². The molecular formula is C20H22N4O3. The molecule has 1 aliphatic heterocycles. The van der Waals surface area contributed by atoms with E-state index in [1.165, 1.54) is 0 Å². The zero-order chi connectivity index (χ0) is 18.8. The van der Waals surface area contributed by atoms with Gasteiger partial charge in [0.25, 0.3) is 11.8 Å². The molecule has 140 valence electrons. The summed E-state index contributed by atoms with van der Waals surface area (Å²) >= 11 is 0. The lowest BCUT2D eigenvalue weighted by Gasteiger charge is -2.34. The fraction of sp³-hybridized carbons (Fsp3) is 0.350. The second-order valence-corrected chi connectivity index (χ2v) is 6.76. The number of hydrogen-bond acceptors (Lipinski definition) is 6. The molecule has 0 atom stereocenters. The van der Waals surface area contributed by atoms with E-state index in [1.807, 2.05) is 55.1 Å². The molecule has 0 bridgehead atoms. The lowest BCUT2D eigenvalue weighted by molar-refractivity contribution is 0.0618. The maximum absolute atomic E-state index is 12.5. The van der Waals surface area contributed by atoms with Crippen molar-refractivity contribution in [3.8, 4) is 11.5 Å². The van der Waals surface area contributed by atoms with Gasteiger partial charge in [-0.15, -0.1) is 10.2 Å². The lowest BCUT2D eigenvalue weighted by Crippen LogP contribution is -2.48. The van der Waals surface area contributed by atoms with Gasteiger partial charge in [0, 0.05) is 31.7 Å². The Labute approximate surface area is 157 Å². The number of piperazine rings is 1. The van der Waals surface area contributed by atoms with Crippen LogP contribution in [0.2, 0.25) is 0 Å². The molecule has 3 aromatic rings. The second-order valence-electron chi connectivity index (χ2n) is 6.76. The van der Waals surface area contributed by atoms with Gasteiger partial charge in [0.1, 0.15) is 11.5 Å². The van der Waals surface area contributed by atoms with Gasteiger partial charge in [-0.25, -0.2) is 0 Å². The Kier molecular flexibility index (Phi) is 4.77. The number of amides is 1. The van der Waals surface area contributed by atoms with Crippen molar-refractivity contribution in [1.29, 1.82) is 0 Å². The molecule has 0 N–H and O–H groups in total. The standard InChI is InChI=1S/C20H22N4O3/c1-14-12-17(15(2)26-14)19-22-21-18(27-19)13-23-8-10-24(11-9-23)20(25)16-6-4-3-5-7-16/h3-7,12H,8-11,13H2,1-2H3. The third-order valence-corrected chi connectivity index (χ3v) is 4.78. The fourth-order valence-corrected chi connectivity index (χ4v) is 3.33. The number of aromatic nitrogens is 2. The van der Waals surface area contributed by atoms with Crippen LogP contribution in [-0.2, 0) is 6.54 Å². The molecule has 0 spiro atoms. The summed E-state index contributed by atoms with van der Waals surface area (Å²) in [4.78, 5) is 16.6. The normalized spacial score (nSPS) is 15.3. The third-order valence-electron chi connectivity index (χ3n) is 4.78. The van der Waals surface area contributed by atoms with Gasteiger partial charge >= 0.3 is 0 Å². The predicted octanol–water partition coefficient (Wildman–Crippen LogP) is 2.90. The molecule has 27 heavy (non-hydrogen) atoms. The van der Waals surface area contributed by atoms with Crippen LogP contribution >= 0.6 is 0 Å². The fourth-order valence-electron chi connectivity index (χ4n) is 3.33. The molecule has 0 aliphatic carbocycles. The van der Waals surface area contributed by atoms with Gasteiger partial charge in [-0.3, -0.25) is 9.69 Å². The van der Waals surface area contributed by atoms with E-state index in [-0.39, 0.29) is 5.91 Å². The molecule has 1 aromatic carbocycles. The van der Waals surface area contributed by atoms with Crippen molar-refractivity contribution in [2.45, 2.75) is 20.4 Å². The van der Waals surface area contributed by atoms with Crippen LogP contribution in [-0.4, -0.2) is 52.1 Å². The molecule has 4 rings (SSSR count). The Hall–Kier alpha value is -2.93. The van der Waals surface area contributed by atoms with Gasteiger partial charge < -0.3 is 13.7 Å². The van der Waals surface area contributed by atoms with Crippen LogP contribution in [0.4, 0.5) is 0 Å². The van der Waals surface area contributed by atoms with Crippen molar-refractivity contribution in [2.24, 2.45) is 0 Å². The Morgan fingerprint density at radius 2 is 1.78 bits per heavy atom. The number of aryl methyl sites for hydroxylation is 2. The Morgan fingerprint density at radius 3 is 2.44 bits per heavy atom. The predicted molar refractivity (Wildman–Crippen MR) is 99.1 cm³/mol. The summed E-state index contributed by atoms with van der Waals surface area (Å²) in [6.07, 6.45) is 0. The summed E-state index contributed by atoms with van der Waals surface area (Å²) in [5.74, 6) is 2.74. The molecule has 0 radical (unpaired) electrons. The molecule has 0 saturated carbocycles. The van der Waals surface area contributed by atoms with Gasteiger partial charge in [0.05, 0.1) is 12.1 Å². The number of nitrogens with zero attached hydrogens (tertiary/aromatic N) is 4. The molecule has 1 saturated heterocycles. The molecule has 0 unspecified atom stereocenters. The quantitative estimate of drug-likeness (QED) is 0.707. The molecule has 7 nitrogen and oxygen atoms in total. The topological polar surface area (TPSA) is 75.6 Å². The number of hydrogen-bond donors (Lipinski definition) is 0. The summed E-state index contributed by atoms with van der Waals surface area (Å²) in [6, 6.07) is 11.3. The highest BCUT2D eigenvalue weighted by atomic mass is 16.4. The molecule has 1 amide bonds. The molecule has 1 fully saturated rings. The summed E-state index contributed by atoms with van der Waals surface area (Å²) < 4.78 is 11.3. The van der Waals surface area contributed by atoms with Crippen LogP contribution in [0.25, 0.3) is 11.5 Å². The van der Waals surface area contributed by atoms with Crippen molar-refractivity contribution < 1.29 is 13.6 Å². The number of carbonyl (C=O) groups is 1. The first-order valence-electron chi connectivity index (χ1n) is 9.06. The minimum atomic E-state index is 0.0844. The zero-order valence-electron chi connectivity index (χ0n) is 15.5. The van der Waals surface area contributed by atoms with Gasteiger partial charge in [-0.05, 0) is 32.0 Å². The first-order chi connectivity index (χ1) is 13.1. The van der Waals surface area contributed by atoms with E-state index in [0.717, 1.165) is 35.7 Å². The zero-order valence-corrected chi connectivity index (χ0v) is 15.5. The molecule has 2 aromatic heterocycles. The van der Waals surface area contributed by atoms with Crippen LogP contribution in [0.5, 0.6) is 0 Å². The number of rotatable bonds is 4. The van der Waals surface area contributed by atoms with E-state index in [9.17, 15) is 4.79 Å². The van der Waals surface area contributed by atoms with E-state index in [4.69, 9.17) is 8.83 Å². The smallest absolute Gasteiger partial charge is 0.253 e. The average Bonchev–Trinajstić information content (AvgIpc) is 3.28. The van der Waals surface area contributed by atoms with Crippen molar-refractivity contribution in [2.75, 3.05) is 26.2 Å². The van der Waals surface area contributed by atoms with E-state index in [1.54, 1.807) is 0 Å². The van der Waals surface area contributed by atoms with Crippen molar-refractivity contribution >= 4 is 5.91 Å². The Balaban J connectivity index is 1.35. The van der Waals surface area contributed by atoms with Crippen LogP contribution in [0.1, 0.15) is 27.8 Å². The molecule has 7 heteroatoms. The minimum absolute atomic E-state index is 0.0844. The largest absolute Gasteiger partial charge is 0.466 e. The average molecular weight is 366 g/mol. The highest BCUT2D eigenvalue weighted by molar-refractivity contribution is 5.94. The molecule has 3 heterocycles. The summed E-state index contributed by atoms with van der Waals surface area (Å²) in [6.45, 7) is 7.29. The summed E-state index contributed by atoms with van der Waals surface area (Å²) in [7, 11) is 0. The van der Waals surface area contributed by atoms with Gasteiger partial charge in [0.15, 0.2) is 0 Å². The minimum Gasteiger partial charge on any atom is -0.466 e. The third kappa shape index (κ3) is 3.78. The van der Waals surface area contributed by atoms with Crippen LogP contribution < -0.4 is 0 Å². The molecule has 1 aliphatic rings. The Bertz CT molecular complexity index is 924. The SMILES string of the molecule is Cc1cc(-c2nnc(CN3CCN(C(=O)c4ccccc4)CC3)o2)c(C)o1. The molecular weight excluding hydrogens is 344 g/mol. The highest BCUT2D eigenvalue weighted by Gasteiger charge is 2.23. The van der Waals surface area contributed by atoms with Crippen molar-refractivity contribution in [3.63, 3.8) is 0 Å². The number of furan rings is 1. The number of carbonyl (C=O) groups excluding carboxylic acids is 1. The van der Waals surface area contributed by atoms with Crippen LogP contribution in [0, 0.1) is 13.8 Å². The summed E-state index contributed by atoms with van der Waals surface area (Å²) in [5.41, 5.74) is 1.57. The maximum Gasteiger partial charge on any atom is 0.253 e. The maximum atomic E-state index is 12.5. The second kappa shape index (κ2) is 7.36. The van der Waals surface area contributed by atoms with E-state index in [2.05, 4.69) is 15.1 Å². The van der Waals surface area contributed by atoms with E-state index in [0.29, 0.717) is 31.4 Å². The van der Waals surface area contributed by atoms with Gasteiger partial charge in [-0.2, -0.15) is 0 Å². The highest BCUT2D eigenvalue weighted by Crippen LogP contribution is 2.25. The monoisotopic (exact) mass is 366 g/mol. The van der Waals surface area contributed by atoms with Gasteiger partial charge in [-0.1, -0.05) is 18.2 Å². The van der Waals surface area contributed by atoms with Crippen molar-refractivity contribution in [3.05, 3.63) is 59.4 Å². The number of benzene rings is 1. The Morgan fingerprint density at radius 1 is 1.04 bits per heavy atom. The van der Waals surface area contributed by atoms with Gasteiger partial charge in [0.2, 0.25) is 5.89 Å². The first kappa shape index (κ1) is 17.5. The van der Waals surface area contributed by atoms with Crippen LogP contribution in [0.15, 0.2) is 45.2 Å². The summed E-state index contributed by atoms with van der Waals surface area (Å²) in [5, 5.41) is 8.30. The van der Waals surface area contributed by atoms with E-state index < -0.39 is 0 Å². The lowest BCUT2D eigenvalue weighted by atomic mass is 10.2. The van der Waals surface area contributed by atoms with Crippen molar-refractivity contribution in [1.82, 2.24) is 20.0 Å². The first-order valence-corrected chi connectivity index (χ1v) is 9.06. The van der Waals surface area contributed by atoms with E-state index >= 15 is 0 Å².